The van der Waals surface area contributed by atoms with Crippen LogP contribution in [0.15, 0.2) is 23.2 Å². The van der Waals surface area contributed by atoms with Gasteiger partial charge in [0.25, 0.3) is 0 Å². The van der Waals surface area contributed by atoms with Gasteiger partial charge in [-0.25, -0.2) is 0 Å². The maximum atomic E-state index is 11.6. The topological polar surface area (TPSA) is 84.0 Å². The summed E-state index contributed by atoms with van der Waals surface area (Å²) in [5, 5.41) is 15.7. The number of benzene rings is 1. The van der Waals surface area contributed by atoms with Crippen molar-refractivity contribution in [2.24, 2.45) is 4.99 Å². The number of thioether (sulfide) groups is 1. The number of halogens is 1. The highest BCUT2D eigenvalue weighted by molar-refractivity contribution is 8.14. The van der Waals surface area contributed by atoms with Crippen LogP contribution >= 0.6 is 23.4 Å². The molecule has 3 heterocycles. The van der Waals surface area contributed by atoms with Gasteiger partial charge in [0, 0.05) is 54.9 Å². The molecule has 3 N–H and O–H groups in total. The number of aliphatic hydroxyl groups is 1. The van der Waals surface area contributed by atoms with E-state index in [-0.39, 0.29) is 5.91 Å². The van der Waals surface area contributed by atoms with Gasteiger partial charge in [-0.3, -0.25) is 14.7 Å². The summed E-state index contributed by atoms with van der Waals surface area (Å²) in [6, 6.07) is 7.07. The second kappa shape index (κ2) is 10.3. The average molecular weight is 490 g/mol. The van der Waals surface area contributed by atoms with Gasteiger partial charge in [-0.1, -0.05) is 24.4 Å². The number of piperazine rings is 1. The quantitative estimate of drug-likeness (QED) is 0.553. The normalized spacial score (nSPS) is 22.3. The minimum atomic E-state index is -0.394. The van der Waals surface area contributed by atoms with E-state index >= 15 is 0 Å². The molecule has 1 aromatic heterocycles. The van der Waals surface area contributed by atoms with Crippen LogP contribution in [0, 0.1) is 0 Å². The Labute approximate surface area is 203 Å². The number of rotatable bonds is 7. The van der Waals surface area contributed by atoms with E-state index in [0.717, 1.165) is 64.2 Å². The number of aromatic nitrogens is 1. The number of aliphatic hydroxyl groups excluding tert-OH is 1. The zero-order chi connectivity index (χ0) is 22.8. The van der Waals surface area contributed by atoms with E-state index in [2.05, 4.69) is 21.3 Å². The number of anilines is 1. The van der Waals surface area contributed by atoms with E-state index in [1.807, 2.05) is 23.9 Å². The molecule has 1 amide bonds. The molecular formula is C24H32ClN5O2S. The molecule has 2 aromatic rings. The van der Waals surface area contributed by atoms with Crippen LogP contribution in [0.4, 0.5) is 5.69 Å². The third kappa shape index (κ3) is 5.34. The molecular weight excluding hydrogens is 458 g/mol. The number of amides is 1. The van der Waals surface area contributed by atoms with Crippen molar-refractivity contribution < 1.29 is 9.90 Å². The number of nitrogens with one attached hydrogen (secondary N) is 2. The zero-order valence-electron chi connectivity index (χ0n) is 18.9. The van der Waals surface area contributed by atoms with Crippen molar-refractivity contribution in [1.82, 2.24) is 14.8 Å². The first kappa shape index (κ1) is 23.0. The molecule has 178 valence electrons. The molecule has 0 bridgehead atoms. The van der Waals surface area contributed by atoms with Gasteiger partial charge in [0.05, 0.1) is 22.9 Å². The summed E-state index contributed by atoms with van der Waals surface area (Å²) in [5.41, 5.74) is 3.28. The highest BCUT2D eigenvalue weighted by Gasteiger charge is 2.25. The number of carbonyl (C=O) groups excluding carboxylic acids is 1. The minimum Gasteiger partial charge on any atom is -0.387 e. The molecule has 1 unspecified atom stereocenters. The summed E-state index contributed by atoms with van der Waals surface area (Å²) in [7, 11) is 0. The first-order valence-electron chi connectivity index (χ1n) is 12.0. The van der Waals surface area contributed by atoms with Gasteiger partial charge < -0.3 is 20.3 Å². The van der Waals surface area contributed by atoms with Crippen molar-refractivity contribution in [2.45, 2.75) is 44.2 Å². The fourth-order valence-electron chi connectivity index (χ4n) is 5.09. The van der Waals surface area contributed by atoms with Crippen molar-refractivity contribution in [3.8, 4) is 0 Å². The highest BCUT2D eigenvalue weighted by atomic mass is 35.5. The Morgan fingerprint density at radius 1 is 1.21 bits per heavy atom. The SMILES string of the molecule is O=C(CO)N1CCN(CCC2CSC(c3cc4cc(Cl)cc(NC5CCCC5)c4[nH]3)=N2)CC1. The van der Waals surface area contributed by atoms with Gasteiger partial charge in [0.1, 0.15) is 11.7 Å². The maximum absolute atomic E-state index is 11.6. The molecule has 0 spiro atoms. The lowest BCUT2D eigenvalue weighted by molar-refractivity contribution is -0.135. The third-order valence-corrected chi connectivity index (χ3v) is 8.36. The van der Waals surface area contributed by atoms with E-state index < -0.39 is 6.61 Å². The molecule has 1 saturated heterocycles. The highest BCUT2D eigenvalue weighted by Crippen LogP contribution is 2.33. The molecule has 2 aliphatic heterocycles. The van der Waals surface area contributed by atoms with Crippen molar-refractivity contribution in [3.63, 3.8) is 0 Å². The first-order valence-corrected chi connectivity index (χ1v) is 13.4. The van der Waals surface area contributed by atoms with Gasteiger partial charge in [0.15, 0.2) is 0 Å². The lowest BCUT2D eigenvalue weighted by Crippen LogP contribution is -2.49. The number of aromatic amines is 1. The van der Waals surface area contributed by atoms with E-state index in [4.69, 9.17) is 21.7 Å². The van der Waals surface area contributed by atoms with Gasteiger partial charge in [-0.05, 0) is 37.5 Å². The van der Waals surface area contributed by atoms with Crippen LogP contribution in [0.1, 0.15) is 37.8 Å². The van der Waals surface area contributed by atoms with E-state index in [1.54, 1.807) is 4.90 Å². The molecule has 33 heavy (non-hydrogen) atoms. The van der Waals surface area contributed by atoms with Crippen LogP contribution in [0.3, 0.4) is 0 Å². The van der Waals surface area contributed by atoms with E-state index in [1.165, 1.54) is 25.7 Å². The molecule has 0 radical (unpaired) electrons. The first-order chi connectivity index (χ1) is 16.1. The van der Waals surface area contributed by atoms with Crippen LogP contribution in [0.5, 0.6) is 0 Å². The summed E-state index contributed by atoms with van der Waals surface area (Å²) < 4.78 is 0. The molecule has 5 rings (SSSR count). The molecule has 2 fully saturated rings. The van der Waals surface area contributed by atoms with Crippen LogP contribution in [0.25, 0.3) is 10.9 Å². The molecule has 9 heteroatoms. The van der Waals surface area contributed by atoms with Crippen molar-refractivity contribution in [2.75, 3.05) is 50.4 Å². The molecule has 3 aliphatic rings. The molecule has 1 aliphatic carbocycles. The Balaban J connectivity index is 1.21. The molecule has 1 aromatic carbocycles. The third-order valence-electron chi connectivity index (χ3n) is 6.99. The Hall–Kier alpha value is -1.74. The molecule has 1 atom stereocenters. The number of carbonyl (C=O) groups is 1. The number of hydrogen-bond acceptors (Lipinski definition) is 6. The lowest BCUT2D eigenvalue weighted by Gasteiger charge is -2.34. The average Bonchev–Trinajstić information content (AvgIpc) is 3.58. The van der Waals surface area contributed by atoms with Crippen LogP contribution in [0.2, 0.25) is 5.02 Å². The predicted octanol–water partition coefficient (Wildman–Crippen LogP) is 3.56. The summed E-state index contributed by atoms with van der Waals surface area (Å²) in [4.78, 5) is 24.4. The van der Waals surface area contributed by atoms with Gasteiger partial charge in [0.2, 0.25) is 5.91 Å². The standard InChI is InChI=1S/C24H32ClN5O2S/c25-17-11-16-12-21(28-23(16)20(13-17)26-18-3-1-2-4-18)24-27-19(15-33-24)5-6-29-7-9-30(10-8-29)22(32)14-31/h11-13,18-19,26,28,31H,1-10,14-15H2. The summed E-state index contributed by atoms with van der Waals surface area (Å²) in [6.45, 7) is 3.71. The number of nitrogens with zero attached hydrogens (tertiary/aromatic N) is 3. The number of aliphatic imine (C=N–C) groups is 1. The van der Waals surface area contributed by atoms with Crippen LogP contribution in [-0.2, 0) is 4.79 Å². The van der Waals surface area contributed by atoms with Gasteiger partial charge >= 0.3 is 0 Å². The van der Waals surface area contributed by atoms with Crippen molar-refractivity contribution >= 4 is 50.9 Å². The molecule has 1 saturated carbocycles. The predicted molar refractivity (Wildman–Crippen MR) is 137 cm³/mol. The molecule has 7 nitrogen and oxygen atoms in total. The Bertz CT molecular complexity index is 1030. The van der Waals surface area contributed by atoms with E-state index in [0.29, 0.717) is 25.2 Å². The lowest BCUT2D eigenvalue weighted by atomic mass is 10.2. The Kier molecular flexibility index (Phi) is 7.16. The van der Waals surface area contributed by atoms with Crippen LogP contribution < -0.4 is 5.32 Å². The van der Waals surface area contributed by atoms with Gasteiger partial charge in [-0.2, -0.15) is 0 Å². The van der Waals surface area contributed by atoms with Crippen LogP contribution in [-0.4, -0.2) is 88.0 Å². The summed E-state index contributed by atoms with van der Waals surface area (Å²) in [5.74, 6) is 0.832. The smallest absolute Gasteiger partial charge is 0.248 e. The summed E-state index contributed by atoms with van der Waals surface area (Å²) in [6.07, 6.45) is 6.05. The second-order valence-corrected chi connectivity index (χ2v) is 10.7. The van der Waals surface area contributed by atoms with E-state index in [9.17, 15) is 4.79 Å². The Morgan fingerprint density at radius 2 is 2.00 bits per heavy atom. The van der Waals surface area contributed by atoms with Crippen molar-refractivity contribution in [1.29, 1.82) is 0 Å². The minimum absolute atomic E-state index is 0.169. The monoisotopic (exact) mass is 489 g/mol. The number of fused-ring (bicyclic) bond motifs is 1. The maximum Gasteiger partial charge on any atom is 0.248 e. The van der Waals surface area contributed by atoms with Crippen molar-refractivity contribution in [3.05, 3.63) is 28.9 Å². The fraction of sp³-hybridized carbons (Fsp3) is 0.583. The fourth-order valence-corrected chi connectivity index (χ4v) is 6.40. The number of hydrogen-bond donors (Lipinski definition) is 3. The zero-order valence-corrected chi connectivity index (χ0v) is 20.4. The number of H-pyrrole nitrogens is 1. The Morgan fingerprint density at radius 3 is 2.76 bits per heavy atom. The summed E-state index contributed by atoms with van der Waals surface area (Å²) >= 11 is 8.24. The largest absolute Gasteiger partial charge is 0.387 e. The van der Waals surface area contributed by atoms with Gasteiger partial charge in [-0.15, -0.1) is 11.8 Å². The second-order valence-electron chi connectivity index (χ2n) is 9.29.